The van der Waals surface area contributed by atoms with Gasteiger partial charge in [-0.1, -0.05) is 17.3 Å². The van der Waals surface area contributed by atoms with Crippen LogP contribution < -0.4 is 4.74 Å². The smallest absolute Gasteiger partial charge is 0.189 e. The first-order valence-corrected chi connectivity index (χ1v) is 8.19. The Hall–Kier alpha value is -1.46. The Morgan fingerprint density at radius 2 is 1.95 bits per heavy atom. The third-order valence-electron chi connectivity index (χ3n) is 2.86. The van der Waals surface area contributed by atoms with E-state index < -0.39 is 0 Å². The number of hydrogen-bond acceptors (Lipinski definition) is 5. The maximum Gasteiger partial charge on any atom is 0.189 e. The largest absolute Gasteiger partial charge is 0.467 e. The second-order valence-electron chi connectivity index (χ2n) is 4.89. The molecule has 0 radical (unpaired) electrons. The van der Waals surface area contributed by atoms with Crippen molar-refractivity contribution in [2.45, 2.75) is 32.6 Å². The van der Waals surface area contributed by atoms with Gasteiger partial charge >= 0.3 is 0 Å². The number of aryl methyl sites for hydroxylation is 2. The lowest BCUT2D eigenvalue weighted by molar-refractivity contribution is 0.0337. The van der Waals surface area contributed by atoms with Crippen molar-refractivity contribution in [1.82, 2.24) is 0 Å². The van der Waals surface area contributed by atoms with Gasteiger partial charge in [0.25, 0.3) is 0 Å². The lowest BCUT2D eigenvalue weighted by Gasteiger charge is -2.14. The van der Waals surface area contributed by atoms with Crippen LogP contribution in [-0.4, -0.2) is 32.0 Å². The molecule has 0 atom stereocenters. The summed E-state index contributed by atoms with van der Waals surface area (Å²) < 4.78 is 11.2. The predicted molar refractivity (Wildman–Crippen MR) is 93.0 cm³/mol. The van der Waals surface area contributed by atoms with Crippen molar-refractivity contribution in [3.8, 4) is 5.75 Å². The third kappa shape index (κ3) is 6.54. The summed E-state index contributed by atoms with van der Waals surface area (Å²) >= 11 is 1.82. The van der Waals surface area contributed by atoms with Gasteiger partial charge in [-0.3, -0.25) is 0 Å². The maximum atomic E-state index is 5.74. The van der Waals surface area contributed by atoms with Gasteiger partial charge in [-0.15, -0.1) is 11.8 Å². The number of hydrogen-bond donors (Lipinski definition) is 0. The summed E-state index contributed by atoms with van der Waals surface area (Å²) in [6, 6.07) is 4.29. The van der Waals surface area contributed by atoms with Gasteiger partial charge in [0.05, 0.1) is 12.3 Å². The van der Waals surface area contributed by atoms with Gasteiger partial charge in [0.15, 0.2) is 6.79 Å². The summed E-state index contributed by atoms with van der Waals surface area (Å²) in [5.41, 5.74) is 3.01. The summed E-state index contributed by atoms with van der Waals surface area (Å²) in [5, 5.41) is 3.78. The molecular weight excluding hydrogens is 298 g/mol. The molecule has 0 aliphatic rings. The quantitative estimate of drug-likeness (QED) is 0.169. The topological polar surface area (TPSA) is 40.0 Å². The highest BCUT2D eigenvalue weighted by molar-refractivity contribution is 7.99. The van der Waals surface area contributed by atoms with E-state index in [1.54, 1.807) is 0 Å². The van der Waals surface area contributed by atoms with Crippen molar-refractivity contribution in [2.24, 2.45) is 5.16 Å². The van der Waals surface area contributed by atoms with Crippen LogP contribution in [-0.2, 0) is 9.57 Å². The Bertz CT molecular complexity index is 504. The number of nitrogens with zero attached hydrogens (tertiary/aromatic N) is 1. The number of ether oxygens (including phenoxy) is 2. The van der Waals surface area contributed by atoms with Gasteiger partial charge in [-0.2, -0.15) is 0 Å². The van der Waals surface area contributed by atoms with Crippen LogP contribution in [0.2, 0.25) is 0 Å². The second kappa shape index (κ2) is 10.3. The standard InChI is InChI=1S/C17H25NO3S/c1-6-7-8-22-16-9-13(2)17(14(3)10-16)21-12-20-11-15(4)18-19-5/h6-7,9-10H,8,11-12H2,1-5H3/b7-6+,18-15?. The molecule has 122 valence electrons. The van der Waals surface area contributed by atoms with Crippen LogP contribution in [0.3, 0.4) is 0 Å². The Morgan fingerprint density at radius 3 is 2.55 bits per heavy atom. The van der Waals surface area contributed by atoms with E-state index in [-0.39, 0.29) is 6.79 Å². The molecular formula is C17H25NO3S. The first-order chi connectivity index (χ1) is 10.6. The van der Waals surface area contributed by atoms with Crippen molar-refractivity contribution < 1.29 is 14.3 Å². The number of allylic oxidation sites excluding steroid dienone is 1. The highest BCUT2D eigenvalue weighted by Gasteiger charge is 2.07. The summed E-state index contributed by atoms with van der Waals surface area (Å²) in [5.74, 6) is 1.87. The van der Waals surface area contributed by atoms with Crippen molar-refractivity contribution in [1.29, 1.82) is 0 Å². The molecule has 0 N–H and O–H groups in total. The van der Waals surface area contributed by atoms with E-state index in [9.17, 15) is 0 Å². The molecule has 0 heterocycles. The molecule has 0 unspecified atom stereocenters. The minimum atomic E-state index is 0.198. The van der Waals surface area contributed by atoms with E-state index in [1.807, 2.05) is 25.6 Å². The summed E-state index contributed by atoms with van der Waals surface area (Å²) in [6.45, 7) is 8.58. The number of thioether (sulfide) groups is 1. The highest BCUT2D eigenvalue weighted by atomic mass is 32.2. The summed E-state index contributed by atoms with van der Waals surface area (Å²) in [4.78, 5) is 5.92. The van der Waals surface area contributed by atoms with Crippen molar-refractivity contribution >= 4 is 17.5 Å². The lowest BCUT2D eigenvalue weighted by Crippen LogP contribution is -2.11. The van der Waals surface area contributed by atoms with Crippen LogP contribution in [0.25, 0.3) is 0 Å². The molecule has 0 spiro atoms. The van der Waals surface area contributed by atoms with E-state index in [1.165, 1.54) is 12.0 Å². The van der Waals surface area contributed by atoms with Crippen LogP contribution in [0.15, 0.2) is 34.3 Å². The number of oxime groups is 1. The normalized spacial score (nSPS) is 12.0. The Balaban J connectivity index is 2.55. The molecule has 1 aromatic carbocycles. The average Bonchev–Trinajstić information content (AvgIpc) is 2.46. The first-order valence-electron chi connectivity index (χ1n) is 7.20. The molecule has 0 saturated heterocycles. The van der Waals surface area contributed by atoms with Crippen molar-refractivity contribution in [2.75, 3.05) is 26.3 Å². The lowest BCUT2D eigenvalue weighted by atomic mass is 10.1. The number of benzene rings is 1. The Morgan fingerprint density at radius 1 is 1.27 bits per heavy atom. The van der Waals surface area contributed by atoms with E-state index in [2.05, 4.69) is 48.1 Å². The van der Waals surface area contributed by atoms with Crippen molar-refractivity contribution in [3.63, 3.8) is 0 Å². The van der Waals surface area contributed by atoms with Crippen LogP contribution in [0, 0.1) is 13.8 Å². The molecule has 1 rings (SSSR count). The molecule has 1 aromatic rings. The van der Waals surface area contributed by atoms with E-state index in [0.717, 1.165) is 28.3 Å². The van der Waals surface area contributed by atoms with Crippen molar-refractivity contribution in [3.05, 3.63) is 35.4 Å². The van der Waals surface area contributed by atoms with Crippen LogP contribution in [0.1, 0.15) is 25.0 Å². The molecule has 0 fully saturated rings. The van der Waals surface area contributed by atoms with E-state index in [4.69, 9.17) is 9.47 Å². The number of rotatable bonds is 9. The van der Waals surface area contributed by atoms with Gasteiger partial charge in [0, 0.05) is 10.6 Å². The zero-order valence-corrected chi connectivity index (χ0v) is 14.8. The molecule has 0 aliphatic heterocycles. The molecule has 0 bridgehead atoms. The predicted octanol–water partition coefficient (Wildman–Crippen LogP) is 4.35. The SMILES string of the molecule is C/C=C/CSc1cc(C)c(OCOCC(C)=NOC)c(C)c1. The molecule has 0 saturated carbocycles. The second-order valence-corrected chi connectivity index (χ2v) is 5.98. The summed E-state index contributed by atoms with van der Waals surface area (Å²) in [6.07, 6.45) is 4.22. The van der Waals surface area contributed by atoms with Gasteiger partial charge in [-0.25, -0.2) is 0 Å². The van der Waals surface area contributed by atoms with Gasteiger partial charge < -0.3 is 14.3 Å². The summed E-state index contributed by atoms with van der Waals surface area (Å²) in [7, 11) is 1.52. The molecule has 4 nitrogen and oxygen atoms in total. The molecule has 0 aromatic heterocycles. The minimum Gasteiger partial charge on any atom is -0.467 e. The Labute approximate surface area is 137 Å². The zero-order valence-electron chi connectivity index (χ0n) is 14.0. The molecule has 0 amide bonds. The van der Waals surface area contributed by atoms with Gasteiger partial charge in [0.1, 0.15) is 12.9 Å². The maximum absolute atomic E-state index is 5.74. The first kappa shape index (κ1) is 18.6. The Kier molecular flexibility index (Phi) is 8.70. The zero-order chi connectivity index (χ0) is 16.4. The van der Waals surface area contributed by atoms with Crippen LogP contribution >= 0.6 is 11.8 Å². The average molecular weight is 323 g/mol. The van der Waals surface area contributed by atoms with E-state index >= 15 is 0 Å². The fourth-order valence-electron chi connectivity index (χ4n) is 1.93. The molecule has 0 aliphatic carbocycles. The van der Waals surface area contributed by atoms with Crippen LogP contribution in [0.4, 0.5) is 0 Å². The molecule has 22 heavy (non-hydrogen) atoms. The fourth-order valence-corrected chi connectivity index (χ4v) is 2.94. The monoisotopic (exact) mass is 323 g/mol. The minimum absolute atomic E-state index is 0.198. The fraction of sp³-hybridized carbons (Fsp3) is 0.471. The highest BCUT2D eigenvalue weighted by Crippen LogP contribution is 2.29. The van der Waals surface area contributed by atoms with E-state index in [0.29, 0.717) is 6.61 Å². The molecule has 5 heteroatoms. The van der Waals surface area contributed by atoms with Gasteiger partial charge in [-0.05, 0) is 51.0 Å². The van der Waals surface area contributed by atoms with Crippen LogP contribution in [0.5, 0.6) is 5.75 Å². The van der Waals surface area contributed by atoms with Gasteiger partial charge in [0.2, 0.25) is 0 Å². The third-order valence-corrected chi connectivity index (χ3v) is 3.79.